The van der Waals surface area contributed by atoms with Gasteiger partial charge in [-0.3, -0.25) is 10.3 Å². The van der Waals surface area contributed by atoms with Gasteiger partial charge in [-0.05, 0) is 47.5 Å². The van der Waals surface area contributed by atoms with Crippen LogP contribution in [0.2, 0.25) is 5.02 Å². The molecule has 1 heterocycles. The molecule has 1 unspecified atom stereocenters. The highest BCUT2D eigenvalue weighted by molar-refractivity contribution is 6.30. The van der Waals surface area contributed by atoms with E-state index in [0.29, 0.717) is 22.3 Å². The minimum atomic E-state index is -4.77. The van der Waals surface area contributed by atoms with Crippen molar-refractivity contribution in [3.05, 3.63) is 136 Å². The molecule has 1 N–H and O–H groups in total. The van der Waals surface area contributed by atoms with Crippen LogP contribution < -0.4 is 5.32 Å². The van der Waals surface area contributed by atoms with Crippen LogP contribution >= 0.6 is 11.6 Å². The predicted octanol–water partition coefficient (Wildman–Crippen LogP) is 7.31. The molecule has 0 spiro atoms. The average molecular weight is 503 g/mol. The molecule has 1 aromatic heterocycles. The van der Waals surface area contributed by atoms with Crippen LogP contribution in [0.3, 0.4) is 0 Å². The third kappa shape index (κ3) is 5.69. The van der Waals surface area contributed by atoms with Crippen molar-refractivity contribution in [2.24, 2.45) is 0 Å². The van der Waals surface area contributed by atoms with Crippen LogP contribution in [0.15, 0.2) is 91.1 Å². The molecule has 0 amide bonds. The monoisotopic (exact) mass is 502 g/mol. The van der Waals surface area contributed by atoms with Crippen LogP contribution in [-0.4, -0.2) is 4.98 Å². The first kappa shape index (κ1) is 24.8. The lowest BCUT2D eigenvalue weighted by Gasteiger charge is -2.36. The summed E-state index contributed by atoms with van der Waals surface area (Å²) in [5.74, 6) is -1.53. The van der Waals surface area contributed by atoms with Gasteiger partial charge in [0.1, 0.15) is 11.6 Å². The Morgan fingerprint density at radius 3 is 2.14 bits per heavy atom. The van der Waals surface area contributed by atoms with Crippen LogP contribution in [-0.2, 0) is 24.7 Å². The van der Waals surface area contributed by atoms with Gasteiger partial charge in [-0.25, -0.2) is 8.78 Å². The van der Waals surface area contributed by atoms with Crippen molar-refractivity contribution in [1.82, 2.24) is 10.3 Å². The highest BCUT2D eigenvalue weighted by atomic mass is 35.5. The second kappa shape index (κ2) is 10.1. The summed E-state index contributed by atoms with van der Waals surface area (Å²) in [6, 6.07) is 20.6. The van der Waals surface area contributed by atoms with E-state index in [1.807, 2.05) is 6.07 Å². The van der Waals surface area contributed by atoms with Crippen LogP contribution in [0.5, 0.6) is 0 Å². The first-order valence-electron chi connectivity index (χ1n) is 10.7. The lowest BCUT2D eigenvalue weighted by molar-refractivity contribution is -0.137. The fraction of sp³-hybridized carbons (Fsp3) is 0.148. The maximum atomic E-state index is 14.6. The average Bonchev–Trinajstić information content (AvgIpc) is 2.83. The number of pyridine rings is 1. The number of benzene rings is 3. The highest BCUT2D eigenvalue weighted by Gasteiger charge is 2.39. The van der Waals surface area contributed by atoms with E-state index in [-0.39, 0.29) is 18.5 Å². The first-order chi connectivity index (χ1) is 16.7. The Hall–Kier alpha value is -3.29. The van der Waals surface area contributed by atoms with E-state index in [1.54, 1.807) is 54.6 Å². The van der Waals surface area contributed by atoms with E-state index in [1.165, 1.54) is 12.3 Å². The molecule has 0 aliphatic rings. The van der Waals surface area contributed by atoms with Gasteiger partial charge in [-0.15, -0.1) is 0 Å². The van der Waals surface area contributed by atoms with Gasteiger partial charge in [0.25, 0.3) is 0 Å². The Morgan fingerprint density at radius 2 is 1.49 bits per heavy atom. The van der Waals surface area contributed by atoms with Crippen molar-refractivity contribution in [2.45, 2.75) is 24.7 Å². The lowest BCUT2D eigenvalue weighted by Crippen LogP contribution is -2.46. The van der Waals surface area contributed by atoms with Crippen molar-refractivity contribution in [3.8, 4) is 0 Å². The predicted molar refractivity (Wildman–Crippen MR) is 125 cm³/mol. The number of alkyl halides is 3. The fourth-order valence-electron chi connectivity index (χ4n) is 4.01. The minimum absolute atomic E-state index is 0.000148. The quantitative estimate of drug-likeness (QED) is 0.268. The molecule has 3 aromatic carbocycles. The Balaban J connectivity index is 1.94. The number of nitrogens with one attached hydrogen (secondary N) is 1. The van der Waals surface area contributed by atoms with Crippen molar-refractivity contribution in [1.29, 1.82) is 0 Å². The molecule has 4 rings (SSSR count). The van der Waals surface area contributed by atoms with E-state index in [2.05, 4.69) is 10.3 Å². The molecular weight excluding hydrogens is 483 g/mol. The molecule has 0 saturated carbocycles. The Morgan fingerprint density at radius 1 is 0.800 bits per heavy atom. The number of aromatic nitrogens is 1. The van der Waals surface area contributed by atoms with Gasteiger partial charge in [-0.2, -0.15) is 13.2 Å². The van der Waals surface area contributed by atoms with Crippen LogP contribution in [0, 0.1) is 11.6 Å². The largest absolute Gasteiger partial charge is 0.416 e. The number of halogens is 6. The molecule has 0 aliphatic heterocycles. The number of hydrogen-bond donors (Lipinski definition) is 1. The standard InChI is InChI=1S/C27H20ClF5N2/c28-22-10-11-25(34-17-22)26(15-18-6-2-1-3-7-18,35-16-19-8-4-5-9-24(19)30)20-12-21(27(31,32)33)14-23(29)13-20/h1-14,17,35H,15-16H2. The van der Waals surface area contributed by atoms with Gasteiger partial charge in [0.2, 0.25) is 0 Å². The molecule has 0 saturated heterocycles. The summed E-state index contributed by atoms with van der Waals surface area (Å²) < 4.78 is 70.0. The topological polar surface area (TPSA) is 24.9 Å². The second-order valence-electron chi connectivity index (χ2n) is 8.10. The first-order valence-corrected chi connectivity index (χ1v) is 11.1. The normalized spacial score (nSPS) is 13.4. The van der Waals surface area contributed by atoms with Crippen molar-refractivity contribution in [2.75, 3.05) is 0 Å². The minimum Gasteiger partial charge on any atom is -0.298 e. The van der Waals surface area contributed by atoms with E-state index in [0.717, 1.165) is 17.7 Å². The molecule has 180 valence electrons. The Kier molecular flexibility index (Phi) is 7.19. The van der Waals surface area contributed by atoms with Gasteiger partial charge in [-0.1, -0.05) is 60.1 Å². The van der Waals surface area contributed by atoms with E-state index in [9.17, 15) is 22.0 Å². The maximum Gasteiger partial charge on any atom is 0.416 e. The Bertz CT molecular complexity index is 1290. The summed E-state index contributed by atoms with van der Waals surface area (Å²) in [5.41, 5.74) is -1.22. The lowest BCUT2D eigenvalue weighted by atomic mass is 9.79. The highest BCUT2D eigenvalue weighted by Crippen LogP contribution is 2.38. The summed E-state index contributed by atoms with van der Waals surface area (Å²) in [5, 5.41) is 3.54. The van der Waals surface area contributed by atoms with E-state index in [4.69, 9.17) is 11.6 Å². The summed E-state index contributed by atoms with van der Waals surface area (Å²) in [6.45, 7) is -0.0539. The molecule has 0 bridgehead atoms. The molecule has 0 aliphatic carbocycles. The third-order valence-corrected chi connectivity index (χ3v) is 5.96. The van der Waals surface area contributed by atoms with E-state index >= 15 is 0 Å². The summed E-state index contributed by atoms with van der Waals surface area (Å²) >= 11 is 6.03. The number of rotatable bonds is 7. The summed E-state index contributed by atoms with van der Waals surface area (Å²) in [6.07, 6.45) is -3.29. The van der Waals surface area contributed by atoms with Gasteiger partial charge >= 0.3 is 6.18 Å². The van der Waals surface area contributed by atoms with Gasteiger partial charge in [0, 0.05) is 24.7 Å². The maximum absolute atomic E-state index is 14.6. The molecule has 1 atom stereocenters. The molecule has 0 fully saturated rings. The zero-order chi connectivity index (χ0) is 25.1. The van der Waals surface area contributed by atoms with Crippen LogP contribution in [0.4, 0.5) is 22.0 Å². The van der Waals surface area contributed by atoms with E-state index < -0.39 is 28.9 Å². The van der Waals surface area contributed by atoms with Crippen molar-refractivity contribution in [3.63, 3.8) is 0 Å². The van der Waals surface area contributed by atoms with Crippen LogP contribution in [0.25, 0.3) is 0 Å². The SMILES string of the molecule is Fc1cc(C(F)(F)F)cc(C(Cc2ccccc2)(NCc2ccccc2F)c2ccc(Cl)cn2)c1. The molecule has 4 aromatic rings. The number of hydrogen-bond acceptors (Lipinski definition) is 2. The Labute approximate surface area is 204 Å². The van der Waals surface area contributed by atoms with Gasteiger partial charge < -0.3 is 0 Å². The molecule has 0 radical (unpaired) electrons. The van der Waals surface area contributed by atoms with Crippen molar-refractivity contribution >= 4 is 11.6 Å². The molecule has 2 nitrogen and oxygen atoms in total. The summed E-state index contributed by atoms with van der Waals surface area (Å²) in [4.78, 5) is 4.39. The zero-order valence-electron chi connectivity index (χ0n) is 18.3. The number of nitrogens with zero attached hydrogens (tertiary/aromatic N) is 1. The smallest absolute Gasteiger partial charge is 0.298 e. The summed E-state index contributed by atoms with van der Waals surface area (Å²) in [7, 11) is 0. The second-order valence-corrected chi connectivity index (χ2v) is 8.54. The fourth-order valence-corrected chi connectivity index (χ4v) is 4.13. The van der Waals surface area contributed by atoms with Gasteiger partial charge in [0.15, 0.2) is 0 Å². The van der Waals surface area contributed by atoms with Crippen molar-refractivity contribution < 1.29 is 22.0 Å². The third-order valence-electron chi connectivity index (χ3n) is 5.73. The zero-order valence-corrected chi connectivity index (χ0v) is 19.0. The molecule has 8 heteroatoms. The molecule has 35 heavy (non-hydrogen) atoms. The van der Waals surface area contributed by atoms with Crippen LogP contribution in [0.1, 0.15) is 27.9 Å². The molecular formula is C27H20ClF5N2. The van der Waals surface area contributed by atoms with Gasteiger partial charge in [0.05, 0.1) is 21.8 Å².